The average molecular weight is 331 g/mol. The lowest BCUT2D eigenvalue weighted by molar-refractivity contribution is 0.00227. The number of rotatable bonds is 5. The van der Waals surface area contributed by atoms with E-state index in [2.05, 4.69) is 27.8 Å². The molecular formula is C17H21N3O2S. The van der Waals surface area contributed by atoms with E-state index < -0.39 is 0 Å². The molecule has 2 amide bonds. The smallest absolute Gasteiger partial charge is 0.315 e. The first-order chi connectivity index (χ1) is 11.3. The SMILES string of the molecule is O=C(NCCc1cscn1)NC1CCOC(c2ccccc2)C1. The van der Waals surface area contributed by atoms with Gasteiger partial charge in [-0.1, -0.05) is 30.3 Å². The van der Waals surface area contributed by atoms with Crippen molar-refractivity contribution in [1.29, 1.82) is 0 Å². The Labute approximate surface area is 140 Å². The summed E-state index contributed by atoms with van der Waals surface area (Å²) in [5.74, 6) is 0. The van der Waals surface area contributed by atoms with Gasteiger partial charge >= 0.3 is 6.03 Å². The minimum atomic E-state index is -0.112. The van der Waals surface area contributed by atoms with E-state index in [1.165, 1.54) is 5.56 Å². The zero-order chi connectivity index (χ0) is 15.9. The summed E-state index contributed by atoms with van der Waals surface area (Å²) >= 11 is 1.57. The molecule has 1 aliphatic rings. The van der Waals surface area contributed by atoms with E-state index in [9.17, 15) is 4.79 Å². The Morgan fingerprint density at radius 1 is 1.35 bits per heavy atom. The van der Waals surface area contributed by atoms with Gasteiger partial charge < -0.3 is 15.4 Å². The zero-order valence-corrected chi connectivity index (χ0v) is 13.7. The van der Waals surface area contributed by atoms with Gasteiger partial charge in [0.25, 0.3) is 0 Å². The molecule has 2 atom stereocenters. The number of benzene rings is 1. The van der Waals surface area contributed by atoms with E-state index in [4.69, 9.17) is 4.74 Å². The number of hydrogen-bond acceptors (Lipinski definition) is 4. The Balaban J connectivity index is 1.43. The van der Waals surface area contributed by atoms with Crippen LogP contribution in [-0.4, -0.2) is 30.2 Å². The number of hydrogen-bond donors (Lipinski definition) is 2. The first kappa shape index (κ1) is 16.0. The highest BCUT2D eigenvalue weighted by Crippen LogP contribution is 2.27. The lowest BCUT2D eigenvalue weighted by atomic mass is 9.97. The van der Waals surface area contributed by atoms with E-state index in [0.717, 1.165) is 25.0 Å². The second kappa shape index (κ2) is 8.08. The first-order valence-electron chi connectivity index (χ1n) is 7.89. The van der Waals surface area contributed by atoms with E-state index in [-0.39, 0.29) is 18.2 Å². The first-order valence-corrected chi connectivity index (χ1v) is 8.83. The Bertz CT molecular complexity index is 604. The van der Waals surface area contributed by atoms with Gasteiger partial charge in [-0.2, -0.15) is 0 Å². The van der Waals surface area contributed by atoms with Gasteiger partial charge in [0, 0.05) is 31.0 Å². The zero-order valence-electron chi connectivity index (χ0n) is 12.9. The van der Waals surface area contributed by atoms with E-state index in [1.807, 2.05) is 23.6 Å². The molecule has 1 aromatic carbocycles. The molecule has 1 aromatic heterocycles. The number of carbonyl (C=O) groups is 1. The third-order valence-electron chi connectivity index (χ3n) is 3.94. The molecule has 23 heavy (non-hydrogen) atoms. The molecule has 0 aliphatic carbocycles. The van der Waals surface area contributed by atoms with E-state index in [1.54, 1.807) is 16.8 Å². The minimum absolute atomic E-state index is 0.0604. The molecule has 2 N–H and O–H groups in total. The topological polar surface area (TPSA) is 63.2 Å². The fourth-order valence-corrected chi connectivity index (χ4v) is 3.32. The Morgan fingerprint density at radius 3 is 3.00 bits per heavy atom. The van der Waals surface area contributed by atoms with Crippen molar-refractivity contribution in [2.24, 2.45) is 0 Å². The summed E-state index contributed by atoms with van der Waals surface area (Å²) in [7, 11) is 0. The monoisotopic (exact) mass is 331 g/mol. The van der Waals surface area contributed by atoms with Gasteiger partial charge in [0.2, 0.25) is 0 Å². The number of amides is 2. The van der Waals surface area contributed by atoms with Crippen LogP contribution in [0.25, 0.3) is 0 Å². The molecular weight excluding hydrogens is 310 g/mol. The fraction of sp³-hybridized carbons (Fsp3) is 0.412. The highest BCUT2D eigenvalue weighted by atomic mass is 32.1. The van der Waals surface area contributed by atoms with Crippen molar-refractivity contribution in [3.8, 4) is 0 Å². The van der Waals surface area contributed by atoms with Gasteiger partial charge in [0.1, 0.15) is 0 Å². The van der Waals surface area contributed by atoms with Crippen molar-refractivity contribution < 1.29 is 9.53 Å². The van der Waals surface area contributed by atoms with E-state index >= 15 is 0 Å². The molecule has 0 spiro atoms. The number of nitrogens with one attached hydrogen (secondary N) is 2. The normalized spacial score (nSPS) is 20.9. The van der Waals surface area contributed by atoms with Crippen molar-refractivity contribution in [2.75, 3.05) is 13.2 Å². The summed E-state index contributed by atoms with van der Waals surface area (Å²) in [4.78, 5) is 16.2. The standard InChI is InChI=1S/C17H21N3O2S/c21-17(18-8-6-15-11-23-12-19-15)20-14-7-9-22-16(10-14)13-4-2-1-3-5-13/h1-5,11-12,14,16H,6-10H2,(H2,18,20,21). The summed E-state index contributed by atoms with van der Waals surface area (Å²) in [6.07, 6.45) is 2.48. The average Bonchev–Trinajstić information content (AvgIpc) is 3.09. The predicted octanol–water partition coefficient (Wildman–Crippen LogP) is 2.91. The summed E-state index contributed by atoms with van der Waals surface area (Å²) in [5.41, 5.74) is 4.00. The van der Waals surface area contributed by atoms with Crippen molar-refractivity contribution in [3.63, 3.8) is 0 Å². The van der Waals surface area contributed by atoms with Gasteiger partial charge in [-0.05, 0) is 18.4 Å². The molecule has 1 fully saturated rings. The fourth-order valence-electron chi connectivity index (χ4n) is 2.73. The Hall–Kier alpha value is -1.92. The van der Waals surface area contributed by atoms with Gasteiger partial charge in [0.15, 0.2) is 0 Å². The molecule has 2 aromatic rings. The summed E-state index contributed by atoms with van der Waals surface area (Å²) in [6, 6.07) is 10.2. The molecule has 2 unspecified atom stereocenters. The second-order valence-corrected chi connectivity index (χ2v) is 6.34. The maximum absolute atomic E-state index is 12.0. The Kier molecular flexibility index (Phi) is 5.60. The lowest BCUT2D eigenvalue weighted by Gasteiger charge is -2.30. The molecule has 3 rings (SSSR count). The van der Waals surface area contributed by atoms with Gasteiger partial charge in [-0.3, -0.25) is 0 Å². The third kappa shape index (κ3) is 4.77. The third-order valence-corrected chi connectivity index (χ3v) is 4.58. The number of carbonyl (C=O) groups excluding carboxylic acids is 1. The van der Waals surface area contributed by atoms with Crippen molar-refractivity contribution >= 4 is 17.4 Å². The summed E-state index contributed by atoms with van der Waals surface area (Å²) in [5, 5.41) is 7.95. The number of urea groups is 1. The molecule has 6 heteroatoms. The molecule has 0 saturated carbocycles. The molecule has 0 radical (unpaired) electrons. The number of aromatic nitrogens is 1. The largest absolute Gasteiger partial charge is 0.373 e. The summed E-state index contributed by atoms with van der Waals surface area (Å²) in [6.45, 7) is 1.27. The maximum Gasteiger partial charge on any atom is 0.315 e. The van der Waals surface area contributed by atoms with Crippen LogP contribution >= 0.6 is 11.3 Å². The number of nitrogens with zero attached hydrogens (tertiary/aromatic N) is 1. The molecule has 5 nitrogen and oxygen atoms in total. The molecule has 1 aliphatic heterocycles. The van der Waals surface area contributed by atoms with Crippen LogP contribution in [0.3, 0.4) is 0 Å². The minimum Gasteiger partial charge on any atom is -0.373 e. The molecule has 1 saturated heterocycles. The quantitative estimate of drug-likeness (QED) is 0.885. The number of thiazole rings is 1. The molecule has 2 heterocycles. The van der Waals surface area contributed by atoms with Gasteiger partial charge in [0.05, 0.1) is 17.3 Å². The number of ether oxygens (including phenoxy) is 1. The van der Waals surface area contributed by atoms with Crippen LogP contribution in [0.4, 0.5) is 4.79 Å². The van der Waals surface area contributed by atoms with Gasteiger partial charge in [-0.25, -0.2) is 9.78 Å². The van der Waals surface area contributed by atoms with Crippen LogP contribution in [0.15, 0.2) is 41.2 Å². The van der Waals surface area contributed by atoms with Crippen LogP contribution in [0.1, 0.15) is 30.2 Å². The molecule has 0 bridgehead atoms. The Morgan fingerprint density at radius 2 is 2.22 bits per heavy atom. The van der Waals surface area contributed by atoms with Crippen LogP contribution in [-0.2, 0) is 11.2 Å². The van der Waals surface area contributed by atoms with Crippen molar-refractivity contribution in [2.45, 2.75) is 31.4 Å². The molecule has 122 valence electrons. The lowest BCUT2D eigenvalue weighted by Crippen LogP contribution is -2.45. The van der Waals surface area contributed by atoms with Crippen LogP contribution in [0.5, 0.6) is 0 Å². The van der Waals surface area contributed by atoms with Crippen molar-refractivity contribution in [1.82, 2.24) is 15.6 Å². The van der Waals surface area contributed by atoms with Crippen LogP contribution in [0, 0.1) is 0 Å². The van der Waals surface area contributed by atoms with E-state index in [0.29, 0.717) is 13.2 Å². The van der Waals surface area contributed by atoms with Gasteiger partial charge in [-0.15, -0.1) is 11.3 Å². The van der Waals surface area contributed by atoms with Crippen molar-refractivity contribution in [3.05, 3.63) is 52.5 Å². The van der Waals surface area contributed by atoms with Crippen LogP contribution in [0.2, 0.25) is 0 Å². The van der Waals surface area contributed by atoms with Crippen LogP contribution < -0.4 is 10.6 Å². The second-order valence-electron chi connectivity index (χ2n) is 5.62. The highest BCUT2D eigenvalue weighted by Gasteiger charge is 2.24. The predicted molar refractivity (Wildman–Crippen MR) is 90.5 cm³/mol. The highest BCUT2D eigenvalue weighted by molar-refractivity contribution is 7.07. The maximum atomic E-state index is 12.0. The summed E-state index contributed by atoms with van der Waals surface area (Å²) < 4.78 is 5.83.